The largest absolute Gasteiger partial charge is 0.201 e. The lowest BCUT2D eigenvalue weighted by atomic mass is 10.0. The maximum atomic E-state index is 2.29. The lowest BCUT2D eigenvalue weighted by Crippen LogP contribution is -2.51. The number of nitrogens with zero attached hydrogens (tertiary/aromatic N) is 2. The maximum absolute atomic E-state index is 2.29. The van der Waals surface area contributed by atoms with Crippen LogP contribution in [0.1, 0.15) is 48.0 Å². The van der Waals surface area contributed by atoms with E-state index in [1.54, 1.807) is 0 Å². The van der Waals surface area contributed by atoms with E-state index < -0.39 is 0 Å². The molecule has 0 N–H and O–H groups in total. The monoisotopic (exact) mass is 284 g/mol. The molecule has 0 fully saturated rings. The second-order valence-corrected chi connectivity index (χ2v) is 7.32. The minimum atomic E-state index is 0.128. The molecule has 0 aromatic carbocycles. The molecule has 112 valence electrons. The molecule has 0 unspecified atom stereocenters. The van der Waals surface area contributed by atoms with Crippen molar-refractivity contribution in [2.24, 2.45) is 0 Å². The van der Waals surface area contributed by atoms with Crippen LogP contribution in [0.15, 0.2) is 49.1 Å². The minimum absolute atomic E-state index is 0.128. The average Bonchev–Trinajstić information content (AvgIpc) is 2.47. The molecule has 2 nitrogen and oxygen atoms in total. The average molecular weight is 284 g/mol. The predicted octanol–water partition coefficient (Wildman–Crippen LogP) is 3.83. The van der Waals surface area contributed by atoms with Gasteiger partial charge in [-0.05, 0) is 11.1 Å². The second kappa shape index (κ2) is 5.59. The number of hydrogen-bond donors (Lipinski definition) is 0. The van der Waals surface area contributed by atoms with E-state index in [2.05, 4.69) is 99.7 Å². The zero-order valence-corrected chi connectivity index (χ0v) is 14.2. The minimum Gasteiger partial charge on any atom is -0.201 e. The summed E-state index contributed by atoms with van der Waals surface area (Å²) in [6.07, 6.45) is 9.81. The van der Waals surface area contributed by atoms with Crippen molar-refractivity contribution in [2.45, 2.75) is 59.0 Å². The summed E-state index contributed by atoms with van der Waals surface area (Å²) in [6, 6.07) is 8.79. The summed E-state index contributed by atoms with van der Waals surface area (Å²) >= 11 is 0. The SMILES string of the molecule is CCC(C)(C)[n+]1ccc(-c2cc[n+](C(C)(C)C)cc2)cc1. The highest BCUT2D eigenvalue weighted by atomic mass is 15.0. The van der Waals surface area contributed by atoms with E-state index in [4.69, 9.17) is 0 Å². The Morgan fingerprint density at radius 1 is 0.714 bits per heavy atom. The predicted molar refractivity (Wildman–Crippen MR) is 86.9 cm³/mol. The Morgan fingerprint density at radius 3 is 1.43 bits per heavy atom. The van der Waals surface area contributed by atoms with E-state index in [1.165, 1.54) is 11.1 Å². The van der Waals surface area contributed by atoms with Crippen LogP contribution in [0, 0.1) is 0 Å². The van der Waals surface area contributed by atoms with Gasteiger partial charge < -0.3 is 0 Å². The van der Waals surface area contributed by atoms with Crippen molar-refractivity contribution in [3.05, 3.63) is 49.1 Å². The summed E-state index contributed by atoms with van der Waals surface area (Å²) < 4.78 is 4.52. The van der Waals surface area contributed by atoms with Crippen LogP contribution in [-0.2, 0) is 11.1 Å². The standard InChI is InChI=1S/C19H28N2/c1-7-19(5,6)21-14-10-17(11-15-21)16-8-12-20(13-9-16)18(2,3)4/h8-15H,7H2,1-6H3/q+2. The molecule has 0 spiro atoms. The Morgan fingerprint density at radius 2 is 1.10 bits per heavy atom. The number of aromatic nitrogens is 2. The Hall–Kier alpha value is -1.70. The van der Waals surface area contributed by atoms with Gasteiger partial charge in [0.2, 0.25) is 0 Å². The molecule has 0 bridgehead atoms. The number of pyridine rings is 2. The normalized spacial score (nSPS) is 12.5. The van der Waals surface area contributed by atoms with Gasteiger partial charge >= 0.3 is 0 Å². The Balaban J connectivity index is 2.27. The highest BCUT2D eigenvalue weighted by Crippen LogP contribution is 2.18. The van der Waals surface area contributed by atoms with Crippen molar-refractivity contribution in [2.75, 3.05) is 0 Å². The van der Waals surface area contributed by atoms with Crippen LogP contribution in [0.4, 0.5) is 0 Å². The topological polar surface area (TPSA) is 7.76 Å². The van der Waals surface area contributed by atoms with E-state index in [1.807, 2.05) is 0 Å². The smallest absolute Gasteiger partial charge is 0.169 e. The van der Waals surface area contributed by atoms with Crippen LogP contribution in [0.25, 0.3) is 11.1 Å². The molecule has 0 aliphatic heterocycles. The molecule has 2 heteroatoms. The fraction of sp³-hybridized carbons (Fsp3) is 0.474. The first kappa shape index (κ1) is 15.7. The van der Waals surface area contributed by atoms with Crippen LogP contribution in [0.5, 0.6) is 0 Å². The number of rotatable bonds is 3. The van der Waals surface area contributed by atoms with Crippen LogP contribution in [0.3, 0.4) is 0 Å². The maximum Gasteiger partial charge on any atom is 0.169 e. The number of hydrogen-bond acceptors (Lipinski definition) is 0. The Labute approximate surface area is 129 Å². The first-order chi connectivity index (χ1) is 9.74. The molecule has 2 aromatic heterocycles. The summed E-state index contributed by atoms with van der Waals surface area (Å²) in [4.78, 5) is 0. The van der Waals surface area contributed by atoms with Gasteiger partial charge in [-0.15, -0.1) is 0 Å². The van der Waals surface area contributed by atoms with Gasteiger partial charge in [0.25, 0.3) is 0 Å². The third-order valence-electron chi connectivity index (χ3n) is 4.33. The van der Waals surface area contributed by atoms with Crippen LogP contribution in [0.2, 0.25) is 0 Å². The first-order valence-electron chi connectivity index (χ1n) is 7.78. The fourth-order valence-electron chi connectivity index (χ4n) is 2.27. The van der Waals surface area contributed by atoms with Crippen molar-refractivity contribution < 1.29 is 9.13 Å². The molecule has 0 saturated carbocycles. The second-order valence-electron chi connectivity index (χ2n) is 7.32. The molecule has 0 radical (unpaired) electrons. The molecule has 0 saturated heterocycles. The Bertz CT molecular complexity index is 587. The lowest BCUT2D eigenvalue weighted by Gasteiger charge is -2.17. The molecule has 0 atom stereocenters. The van der Waals surface area contributed by atoms with Crippen molar-refractivity contribution in [1.29, 1.82) is 0 Å². The summed E-state index contributed by atoms with van der Waals surface area (Å²) in [5.74, 6) is 0. The van der Waals surface area contributed by atoms with Gasteiger partial charge in [0.1, 0.15) is 0 Å². The summed E-state index contributed by atoms with van der Waals surface area (Å²) in [7, 11) is 0. The molecule has 2 heterocycles. The molecule has 2 rings (SSSR count). The molecule has 21 heavy (non-hydrogen) atoms. The van der Waals surface area contributed by atoms with Gasteiger partial charge in [0.05, 0.1) is 0 Å². The van der Waals surface area contributed by atoms with E-state index in [0.717, 1.165) is 6.42 Å². The van der Waals surface area contributed by atoms with Crippen molar-refractivity contribution in [1.82, 2.24) is 0 Å². The zero-order chi connectivity index (χ0) is 15.7. The van der Waals surface area contributed by atoms with E-state index >= 15 is 0 Å². The highest BCUT2D eigenvalue weighted by Gasteiger charge is 2.25. The van der Waals surface area contributed by atoms with Gasteiger partial charge in [0.15, 0.2) is 35.9 Å². The first-order valence-corrected chi connectivity index (χ1v) is 7.78. The van der Waals surface area contributed by atoms with Crippen LogP contribution >= 0.6 is 0 Å². The van der Waals surface area contributed by atoms with E-state index in [9.17, 15) is 0 Å². The van der Waals surface area contributed by atoms with Gasteiger partial charge in [0, 0.05) is 65.3 Å². The van der Waals surface area contributed by atoms with E-state index in [0.29, 0.717) is 0 Å². The molecular formula is C19H28N2+2. The van der Waals surface area contributed by atoms with Crippen molar-refractivity contribution in [3.8, 4) is 11.1 Å². The van der Waals surface area contributed by atoms with E-state index in [-0.39, 0.29) is 11.1 Å². The summed E-state index contributed by atoms with van der Waals surface area (Å²) in [6.45, 7) is 13.4. The van der Waals surface area contributed by atoms with Gasteiger partial charge in [-0.1, -0.05) is 6.92 Å². The van der Waals surface area contributed by atoms with Crippen molar-refractivity contribution >= 4 is 0 Å². The van der Waals surface area contributed by atoms with Crippen LogP contribution in [-0.4, -0.2) is 0 Å². The van der Waals surface area contributed by atoms with Crippen LogP contribution < -0.4 is 9.13 Å². The zero-order valence-electron chi connectivity index (χ0n) is 14.2. The fourth-order valence-corrected chi connectivity index (χ4v) is 2.27. The molecule has 0 aliphatic rings. The highest BCUT2D eigenvalue weighted by molar-refractivity contribution is 5.60. The summed E-state index contributed by atoms with van der Waals surface area (Å²) in [5.41, 5.74) is 2.82. The summed E-state index contributed by atoms with van der Waals surface area (Å²) in [5, 5.41) is 0. The molecule has 0 aliphatic carbocycles. The van der Waals surface area contributed by atoms with Gasteiger partial charge in [-0.3, -0.25) is 0 Å². The van der Waals surface area contributed by atoms with Crippen molar-refractivity contribution in [3.63, 3.8) is 0 Å². The molecule has 2 aromatic rings. The lowest BCUT2D eigenvalue weighted by molar-refractivity contribution is -0.758. The Kier molecular flexibility index (Phi) is 4.18. The molecule has 0 amide bonds. The van der Waals surface area contributed by atoms with Gasteiger partial charge in [-0.25, -0.2) is 9.13 Å². The third-order valence-corrected chi connectivity index (χ3v) is 4.33. The molecular weight excluding hydrogens is 256 g/mol. The quantitative estimate of drug-likeness (QED) is 0.757. The third kappa shape index (κ3) is 3.49. The van der Waals surface area contributed by atoms with Gasteiger partial charge in [-0.2, -0.15) is 0 Å².